The van der Waals surface area contributed by atoms with Crippen LogP contribution in [0.2, 0.25) is 0 Å². The van der Waals surface area contributed by atoms with E-state index < -0.39 is 11.4 Å². The SMILES string of the molecule is CC(C)(C)C(=O)Nc1cn(CC(=O)O)nn1. The molecule has 0 aliphatic carbocycles. The van der Waals surface area contributed by atoms with Gasteiger partial charge >= 0.3 is 5.97 Å². The Morgan fingerprint density at radius 3 is 2.62 bits per heavy atom. The molecule has 0 saturated carbocycles. The monoisotopic (exact) mass is 226 g/mol. The second-order valence-corrected chi connectivity index (χ2v) is 4.40. The van der Waals surface area contributed by atoms with Gasteiger partial charge < -0.3 is 10.4 Å². The number of aromatic nitrogens is 3. The fraction of sp³-hybridized carbons (Fsp3) is 0.556. The van der Waals surface area contributed by atoms with Gasteiger partial charge in [-0.15, -0.1) is 5.10 Å². The molecule has 88 valence electrons. The van der Waals surface area contributed by atoms with Crippen molar-refractivity contribution in [3.05, 3.63) is 6.20 Å². The Morgan fingerprint density at radius 1 is 1.50 bits per heavy atom. The predicted molar refractivity (Wildman–Crippen MR) is 55.7 cm³/mol. The van der Waals surface area contributed by atoms with E-state index in [-0.39, 0.29) is 18.3 Å². The van der Waals surface area contributed by atoms with E-state index >= 15 is 0 Å². The highest BCUT2D eigenvalue weighted by Gasteiger charge is 2.22. The molecule has 1 rings (SSSR count). The molecule has 0 saturated heterocycles. The Bertz CT molecular complexity index is 405. The third kappa shape index (κ3) is 3.34. The maximum Gasteiger partial charge on any atom is 0.325 e. The second-order valence-electron chi connectivity index (χ2n) is 4.40. The molecule has 16 heavy (non-hydrogen) atoms. The van der Waals surface area contributed by atoms with Gasteiger partial charge in [-0.05, 0) is 0 Å². The molecular weight excluding hydrogens is 212 g/mol. The Morgan fingerprint density at radius 2 is 2.12 bits per heavy atom. The number of carbonyl (C=O) groups is 2. The number of carboxylic acid groups (broad SMARTS) is 1. The maximum absolute atomic E-state index is 11.6. The number of nitrogens with one attached hydrogen (secondary N) is 1. The summed E-state index contributed by atoms with van der Waals surface area (Å²) in [6, 6.07) is 0. The Hall–Kier alpha value is -1.92. The molecule has 0 aliphatic rings. The maximum atomic E-state index is 11.6. The highest BCUT2D eigenvalue weighted by atomic mass is 16.4. The van der Waals surface area contributed by atoms with Crippen molar-refractivity contribution in [3.8, 4) is 0 Å². The van der Waals surface area contributed by atoms with E-state index in [1.165, 1.54) is 6.20 Å². The van der Waals surface area contributed by atoms with Gasteiger partial charge in [-0.2, -0.15) is 0 Å². The van der Waals surface area contributed by atoms with E-state index in [1.807, 2.05) is 0 Å². The number of rotatable bonds is 3. The van der Waals surface area contributed by atoms with Crippen molar-refractivity contribution in [1.82, 2.24) is 15.0 Å². The van der Waals surface area contributed by atoms with E-state index in [1.54, 1.807) is 20.8 Å². The molecule has 0 spiro atoms. The summed E-state index contributed by atoms with van der Waals surface area (Å²) in [5.74, 6) is -0.963. The quantitative estimate of drug-likeness (QED) is 0.774. The van der Waals surface area contributed by atoms with Crippen LogP contribution in [0.4, 0.5) is 5.82 Å². The van der Waals surface area contributed by atoms with Gasteiger partial charge in [0, 0.05) is 5.41 Å². The zero-order chi connectivity index (χ0) is 12.3. The third-order valence-electron chi connectivity index (χ3n) is 1.76. The second kappa shape index (κ2) is 4.30. The minimum atomic E-state index is -1.02. The number of aliphatic carboxylic acids is 1. The molecule has 0 unspecified atom stereocenters. The zero-order valence-corrected chi connectivity index (χ0v) is 9.39. The molecule has 1 amide bonds. The van der Waals surface area contributed by atoms with Gasteiger partial charge in [0.25, 0.3) is 0 Å². The summed E-state index contributed by atoms with van der Waals surface area (Å²) in [6.45, 7) is 5.02. The first-order valence-electron chi connectivity index (χ1n) is 4.72. The first-order chi connectivity index (χ1) is 7.29. The van der Waals surface area contributed by atoms with Crippen LogP contribution in [-0.4, -0.2) is 32.0 Å². The van der Waals surface area contributed by atoms with Crippen LogP contribution in [0.3, 0.4) is 0 Å². The van der Waals surface area contributed by atoms with E-state index in [0.29, 0.717) is 0 Å². The van der Waals surface area contributed by atoms with Crippen LogP contribution in [0, 0.1) is 5.41 Å². The molecule has 1 heterocycles. The molecule has 0 radical (unpaired) electrons. The van der Waals surface area contributed by atoms with E-state index in [4.69, 9.17) is 5.11 Å². The smallest absolute Gasteiger partial charge is 0.325 e. The first-order valence-corrected chi connectivity index (χ1v) is 4.72. The topological polar surface area (TPSA) is 97.1 Å². The lowest BCUT2D eigenvalue weighted by Gasteiger charge is -2.15. The third-order valence-corrected chi connectivity index (χ3v) is 1.76. The van der Waals surface area contributed by atoms with Gasteiger partial charge in [-0.25, -0.2) is 4.68 Å². The van der Waals surface area contributed by atoms with Crippen LogP contribution in [-0.2, 0) is 16.1 Å². The first kappa shape index (κ1) is 12.2. The van der Waals surface area contributed by atoms with E-state index in [2.05, 4.69) is 15.6 Å². The van der Waals surface area contributed by atoms with Crippen LogP contribution in [0.25, 0.3) is 0 Å². The van der Waals surface area contributed by atoms with Crippen molar-refractivity contribution in [2.45, 2.75) is 27.3 Å². The lowest BCUT2D eigenvalue weighted by atomic mass is 9.96. The fourth-order valence-electron chi connectivity index (χ4n) is 0.875. The minimum absolute atomic E-state index is 0.199. The molecule has 0 aliphatic heterocycles. The predicted octanol–water partition coefficient (Wildman–Crippen LogP) is 0.347. The van der Waals surface area contributed by atoms with Crippen molar-refractivity contribution in [2.24, 2.45) is 5.41 Å². The van der Waals surface area contributed by atoms with Crippen LogP contribution < -0.4 is 5.32 Å². The summed E-state index contributed by atoms with van der Waals surface area (Å²) in [4.78, 5) is 21.9. The molecule has 7 heteroatoms. The average molecular weight is 226 g/mol. The Labute approximate surface area is 92.4 Å². The lowest BCUT2D eigenvalue weighted by molar-refractivity contribution is -0.137. The summed E-state index contributed by atoms with van der Waals surface area (Å²) >= 11 is 0. The number of anilines is 1. The summed E-state index contributed by atoms with van der Waals surface area (Å²) in [5, 5.41) is 18.3. The van der Waals surface area contributed by atoms with E-state index in [9.17, 15) is 9.59 Å². The number of carboxylic acids is 1. The largest absolute Gasteiger partial charge is 0.480 e. The summed E-state index contributed by atoms with van der Waals surface area (Å²) < 4.78 is 1.14. The van der Waals surface area contributed by atoms with Crippen molar-refractivity contribution in [1.29, 1.82) is 0 Å². The van der Waals surface area contributed by atoms with Gasteiger partial charge in [-0.1, -0.05) is 26.0 Å². The van der Waals surface area contributed by atoms with Crippen molar-refractivity contribution >= 4 is 17.7 Å². The molecular formula is C9H14N4O3. The summed E-state index contributed by atoms with van der Waals surface area (Å²) in [6.07, 6.45) is 1.37. The van der Waals surface area contributed by atoms with E-state index in [0.717, 1.165) is 4.68 Å². The molecule has 0 aromatic carbocycles. The molecule has 1 aromatic heterocycles. The van der Waals surface area contributed by atoms with Crippen LogP contribution in [0.5, 0.6) is 0 Å². The van der Waals surface area contributed by atoms with Gasteiger partial charge in [0.15, 0.2) is 5.82 Å². The number of hydrogen-bond acceptors (Lipinski definition) is 4. The average Bonchev–Trinajstić information content (AvgIpc) is 2.49. The van der Waals surface area contributed by atoms with Gasteiger partial charge in [0.1, 0.15) is 6.54 Å². The van der Waals surface area contributed by atoms with Gasteiger partial charge in [0.2, 0.25) is 5.91 Å². The molecule has 1 aromatic rings. The van der Waals surface area contributed by atoms with Gasteiger partial charge in [0.05, 0.1) is 6.20 Å². The van der Waals surface area contributed by atoms with Crippen LogP contribution in [0.15, 0.2) is 6.20 Å². The Kier molecular flexibility index (Phi) is 3.26. The molecule has 0 bridgehead atoms. The number of hydrogen-bond donors (Lipinski definition) is 2. The molecule has 0 atom stereocenters. The number of carbonyl (C=O) groups excluding carboxylic acids is 1. The number of amides is 1. The molecule has 7 nitrogen and oxygen atoms in total. The fourth-order valence-corrected chi connectivity index (χ4v) is 0.875. The summed E-state index contributed by atoms with van der Waals surface area (Å²) in [5.41, 5.74) is -0.531. The normalized spacial score (nSPS) is 11.2. The van der Waals surface area contributed by atoms with Crippen LogP contribution in [0.1, 0.15) is 20.8 Å². The molecule has 2 N–H and O–H groups in total. The standard InChI is InChI=1S/C9H14N4O3/c1-9(2,3)8(16)10-6-4-13(12-11-6)5-7(14)15/h4H,5H2,1-3H3,(H,10,16)(H,14,15). The highest BCUT2D eigenvalue weighted by Crippen LogP contribution is 2.15. The summed E-state index contributed by atoms with van der Waals surface area (Å²) in [7, 11) is 0. The van der Waals surface area contributed by atoms with Crippen molar-refractivity contribution in [3.63, 3.8) is 0 Å². The Balaban J connectivity index is 2.66. The minimum Gasteiger partial charge on any atom is -0.480 e. The van der Waals surface area contributed by atoms with Crippen molar-refractivity contribution < 1.29 is 14.7 Å². The van der Waals surface area contributed by atoms with Gasteiger partial charge in [-0.3, -0.25) is 9.59 Å². The zero-order valence-electron chi connectivity index (χ0n) is 9.39. The highest BCUT2D eigenvalue weighted by molar-refractivity contribution is 5.93. The van der Waals surface area contributed by atoms with Crippen molar-refractivity contribution in [2.75, 3.05) is 5.32 Å². The lowest BCUT2D eigenvalue weighted by Crippen LogP contribution is -2.27. The number of nitrogens with zero attached hydrogens (tertiary/aromatic N) is 3. The molecule has 0 fully saturated rings. The van der Waals surface area contributed by atoms with Crippen LogP contribution >= 0.6 is 0 Å².